The number of amides is 2. The molecule has 0 heterocycles. The second-order valence-corrected chi connectivity index (χ2v) is 4.42. The highest BCUT2D eigenvalue weighted by Gasteiger charge is 2.12. The van der Waals surface area contributed by atoms with Crippen LogP contribution >= 0.6 is 23.8 Å². The third-order valence-electron chi connectivity index (χ3n) is 2.00. The van der Waals surface area contributed by atoms with Crippen LogP contribution in [0.3, 0.4) is 0 Å². The van der Waals surface area contributed by atoms with E-state index in [-0.39, 0.29) is 18.1 Å². The molecule has 96 valence electrons. The molecule has 0 unspecified atom stereocenters. The van der Waals surface area contributed by atoms with Crippen molar-refractivity contribution in [2.75, 3.05) is 6.54 Å². The molecule has 0 atom stereocenters. The maximum atomic E-state index is 11.4. The first kappa shape index (κ1) is 14.4. The van der Waals surface area contributed by atoms with E-state index >= 15 is 0 Å². The molecule has 0 aromatic heterocycles. The number of rotatable bonds is 4. The summed E-state index contributed by atoms with van der Waals surface area (Å²) in [6.07, 6.45) is 0. The maximum absolute atomic E-state index is 11.4. The lowest BCUT2D eigenvalue weighted by Gasteiger charge is -2.06. The molecule has 0 aliphatic rings. The van der Waals surface area contributed by atoms with Crippen molar-refractivity contribution in [1.82, 2.24) is 10.6 Å². The molecule has 0 fully saturated rings. The third-order valence-corrected chi connectivity index (χ3v) is 2.39. The van der Waals surface area contributed by atoms with Gasteiger partial charge in [-0.15, -0.1) is 0 Å². The zero-order chi connectivity index (χ0) is 13.5. The van der Waals surface area contributed by atoms with Crippen molar-refractivity contribution < 1.29 is 9.59 Å². The lowest BCUT2D eigenvalue weighted by atomic mass is 10.2. The van der Waals surface area contributed by atoms with Gasteiger partial charge in [0.05, 0.1) is 11.5 Å². The van der Waals surface area contributed by atoms with E-state index in [1.807, 2.05) is 0 Å². The molecule has 4 N–H and O–H groups in total. The average Bonchev–Trinajstić information content (AvgIpc) is 2.34. The van der Waals surface area contributed by atoms with E-state index in [0.717, 1.165) is 5.56 Å². The molecule has 1 rings (SSSR count). The third kappa shape index (κ3) is 5.11. The minimum atomic E-state index is -0.767. The van der Waals surface area contributed by atoms with Gasteiger partial charge in [-0.05, 0) is 17.7 Å². The lowest BCUT2D eigenvalue weighted by Crippen LogP contribution is -2.42. The number of hydrogen-bond donors (Lipinski definition) is 3. The standard InChI is InChI=1S/C11H12ClN3O2S/c12-8-3-1-7(2-4-8)5-14-10(16)11(17)15-6-9(13)18/h1-4H,5-6H2,(H2,13,18)(H,14,16)(H,15,17). The summed E-state index contributed by atoms with van der Waals surface area (Å²) in [5, 5.41) is 5.36. The largest absolute Gasteiger partial charge is 0.392 e. The summed E-state index contributed by atoms with van der Waals surface area (Å²) >= 11 is 10.3. The molecule has 7 heteroatoms. The smallest absolute Gasteiger partial charge is 0.309 e. The zero-order valence-electron chi connectivity index (χ0n) is 9.40. The van der Waals surface area contributed by atoms with Crippen LogP contribution in [0.5, 0.6) is 0 Å². The number of nitrogens with one attached hydrogen (secondary N) is 2. The van der Waals surface area contributed by atoms with Gasteiger partial charge in [0.2, 0.25) is 0 Å². The summed E-state index contributed by atoms with van der Waals surface area (Å²) in [4.78, 5) is 22.7. The van der Waals surface area contributed by atoms with E-state index < -0.39 is 11.8 Å². The minimum Gasteiger partial charge on any atom is -0.392 e. The van der Waals surface area contributed by atoms with Crippen molar-refractivity contribution in [1.29, 1.82) is 0 Å². The molecular formula is C11H12ClN3O2S. The molecular weight excluding hydrogens is 274 g/mol. The van der Waals surface area contributed by atoms with Gasteiger partial charge in [0.15, 0.2) is 0 Å². The van der Waals surface area contributed by atoms with Crippen molar-refractivity contribution in [2.24, 2.45) is 5.73 Å². The van der Waals surface area contributed by atoms with Gasteiger partial charge in [-0.2, -0.15) is 0 Å². The highest BCUT2D eigenvalue weighted by Crippen LogP contribution is 2.08. The van der Waals surface area contributed by atoms with Gasteiger partial charge in [-0.25, -0.2) is 0 Å². The normalized spacial score (nSPS) is 9.61. The Morgan fingerprint density at radius 3 is 2.28 bits per heavy atom. The predicted octanol–water partition coefficient (Wildman–Crippen LogP) is 0.359. The zero-order valence-corrected chi connectivity index (χ0v) is 11.0. The van der Waals surface area contributed by atoms with Crippen molar-refractivity contribution in [3.8, 4) is 0 Å². The van der Waals surface area contributed by atoms with Crippen LogP contribution in [-0.2, 0) is 16.1 Å². The molecule has 1 aromatic rings. The number of nitrogens with two attached hydrogens (primary N) is 1. The molecule has 0 aliphatic carbocycles. The van der Waals surface area contributed by atoms with Gasteiger partial charge in [-0.3, -0.25) is 9.59 Å². The van der Waals surface area contributed by atoms with E-state index in [0.29, 0.717) is 5.02 Å². The van der Waals surface area contributed by atoms with Crippen molar-refractivity contribution >= 4 is 40.6 Å². The van der Waals surface area contributed by atoms with E-state index in [2.05, 4.69) is 22.9 Å². The first-order valence-corrected chi connectivity index (χ1v) is 5.86. The molecule has 1 aromatic carbocycles. The van der Waals surface area contributed by atoms with Crippen molar-refractivity contribution in [3.05, 3.63) is 34.9 Å². The number of thiocarbonyl (C=S) groups is 1. The first-order chi connectivity index (χ1) is 8.49. The fourth-order valence-electron chi connectivity index (χ4n) is 1.11. The van der Waals surface area contributed by atoms with Crippen LogP contribution in [0.1, 0.15) is 5.56 Å². The Labute approximate surface area is 115 Å². The van der Waals surface area contributed by atoms with Gasteiger partial charge < -0.3 is 16.4 Å². The predicted molar refractivity (Wildman–Crippen MR) is 73.1 cm³/mol. The topological polar surface area (TPSA) is 84.2 Å². The van der Waals surface area contributed by atoms with E-state index in [1.165, 1.54) is 0 Å². The van der Waals surface area contributed by atoms with Crippen LogP contribution in [0, 0.1) is 0 Å². The Morgan fingerprint density at radius 2 is 1.72 bits per heavy atom. The second-order valence-electron chi connectivity index (χ2n) is 3.46. The summed E-state index contributed by atoms with van der Waals surface area (Å²) in [5.74, 6) is -1.50. The molecule has 0 spiro atoms. The van der Waals surface area contributed by atoms with Gasteiger partial charge in [0.25, 0.3) is 0 Å². The average molecular weight is 286 g/mol. The van der Waals surface area contributed by atoms with Gasteiger partial charge in [0, 0.05) is 11.6 Å². The number of carbonyl (C=O) groups is 2. The second kappa shape index (κ2) is 6.93. The van der Waals surface area contributed by atoms with E-state index in [1.54, 1.807) is 24.3 Å². The summed E-state index contributed by atoms with van der Waals surface area (Å²) < 4.78 is 0. The minimum absolute atomic E-state index is 0.00251. The quantitative estimate of drug-likeness (QED) is 0.551. The molecule has 2 amide bonds. The van der Waals surface area contributed by atoms with Crippen LogP contribution in [0.25, 0.3) is 0 Å². The number of halogens is 1. The van der Waals surface area contributed by atoms with Crippen LogP contribution in [0.2, 0.25) is 5.02 Å². The Kier molecular flexibility index (Phi) is 5.54. The van der Waals surface area contributed by atoms with E-state index in [4.69, 9.17) is 17.3 Å². The molecule has 0 bridgehead atoms. The summed E-state index contributed by atoms with van der Waals surface area (Å²) in [6, 6.07) is 6.93. The van der Waals surface area contributed by atoms with Gasteiger partial charge in [0.1, 0.15) is 0 Å². The van der Waals surface area contributed by atoms with Crippen LogP contribution in [0.4, 0.5) is 0 Å². The molecule has 0 saturated heterocycles. The SMILES string of the molecule is NC(=S)CNC(=O)C(=O)NCc1ccc(Cl)cc1. The molecule has 5 nitrogen and oxygen atoms in total. The molecule has 18 heavy (non-hydrogen) atoms. The fourth-order valence-corrected chi connectivity index (χ4v) is 1.31. The lowest BCUT2D eigenvalue weighted by molar-refractivity contribution is -0.139. The molecule has 0 saturated carbocycles. The van der Waals surface area contributed by atoms with Crippen molar-refractivity contribution in [2.45, 2.75) is 6.54 Å². The van der Waals surface area contributed by atoms with E-state index in [9.17, 15) is 9.59 Å². The summed E-state index contributed by atoms with van der Waals surface area (Å²) in [5.41, 5.74) is 6.04. The van der Waals surface area contributed by atoms with Gasteiger partial charge in [-0.1, -0.05) is 36.0 Å². The number of benzene rings is 1. The monoisotopic (exact) mass is 285 g/mol. The number of hydrogen-bond acceptors (Lipinski definition) is 3. The van der Waals surface area contributed by atoms with Crippen molar-refractivity contribution in [3.63, 3.8) is 0 Å². The Balaban J connectivity index is 2.38. The Morgan fingerprint density at radius 1 is 1.17 bits per heavy atom. The first-order valence-electron chi connectivity index (χ1n) is 5.08. The highest BCUT2D eigenvalue weighted by molar-refractivity contribution is 7.80. The maximum Gasteiger partial charge on any atom is 0.309 e. The Bertz CT molecular complexity index is 462. The highest BCUT2D eigenvalue weighted by atomic mass is 35.5. The Hall–Kier alpha value is -1.66. The molecule has 0 aliphatic heterocycles. The molecule has 0 radical (unpaired) electrons. The van der Waals surface area contributed by atoms with Gasteiger partial charge >= 0.3 is 11.8 Å². The summed E-state index contributed by atoms with van der Waals surface area (Å²) in [7, 11) is 0. The number of carbonyl (C=O) groups excluding carboxylic acids is 2. The van der Waals surface area contributed by atoms with Crippen LogP contribution in [0.15, 0.2) is 24.3 Å². The summed E-state index contributed by atoms with van der Waals surface area (Å²) in [6.45, 7) is 0.249. The van der Waals surface area contributed by atoms with Crippen LogP contribution < -0.4 is 16.4 Å². The van der Waals surface area contributed by atoms with Crippen LogP contribution in [-0.4, -0.2) is 23.3 Å². The fraction of sp³-hybridized carbons (Fsp3) is 0.182.